The Labute approximate surface area is 128 Å². The zero-order valence-corrected chi connectivity index (χ0v) is 11.7. The molecule has 1 aromatic carbocycles. The third-order valence-corrected chi connectivity index (χ3v) is 3.48. The number of nitrogens with zero attached hydrogens (tertiary/aromatic N) is 2. The van der Waals surface area contributed by atoms with Crippen molar-refractivity contribution in [2.75, 3.05) is 0 Å². The number of halogens is 3. The molecule has 118 valence electrons. The Morgan fingerprint density at radius 2 is 1.87 bits per heavy atom. The largest absolute Gasteiger partial charge is 0.477 e. The number of rotatable bonds is 3. The van der Waals surface area contributed by atoms with Crippen molar-refractivity contribution in [3.05, 3.63) is 65.6 Å². The number of carboxylic acid groups (broad SMARTS) is 1. The topological polar surface area (TPSA) is 55.1 Å². The Kier molecular flexibility index (Phi) is 3.55. The highest BCUT2D eigenvalue weighted by Gasteiger charge is 2.33. The van der Waals surface area contributed by atoms with E-state index >= 15 is 0 Å². The van der Waals surface area contributed by atoms with Crippen molar-refractivity contribution in [3.8, 4) is 0 Å². The van der Waals surface area contributed by atoms with Gasteiger partial charge in [-0.25, -0.2) is 9.78 Å². The lowest BCUT2D eigenvalue weighted by Gasteiger charge is -2.09. The van der Waals surface area contributed by atoms with Gasteiger partial charge >= 0.3 is 12.1 Å². The van der Waals surface area contributed by atoms with Crippen molar-refractivity contribution in [3.63, 3.8) is 0 Å². The quantitative estimate of drug-likeness (QED) is 0.798. The molecule has 3 rings (SSSR count). The molecule has 0 spiro atoms. The summed E-state index contributed by atoms with van der Waals surface area (Å²) in [6, 6.07) is 11.2. The van der Waals surface area contributed by atoms with Gasteiger partial charge < -0.3 is 9.67 Å². The van der Waals surface area contributed by atoms with Gasteiger partial charge in [0.2, 0.25) is 0 Å². The summed E-state index contributed by atoms with van der Waals surface area (Å²) in [7, 11) is 0. The van der Waals surface area contributed by atoms with Gasteiger partial charge in [0.25, 0.3) is 0 Å². The Hall–Kier alpha value is -2.83. The predicted molar refractivity (Wildman–Crippen MR) is 77.2 cm³/mol. The minimum atomic E-state index is -4.57. The first kappa shape index (κ1) is 15.1. The van der Waals surface area contributed by atoms with Crippen LogP contribution in [-0.4, -0.2) is 20.6 Å². The monoisotopic (exact) mass is 320 g/mol. The van der Waals surface area contributed by atoms with Gasteiger partial charge in [0.15, 0.2) is 0 Å². The fourth-order valence-corrected chi connectivity index (χ4v) is 2.43. The van der Waals surface area contributed by atoms with Gasteiger partial charge in [-0.15, -0.1) is 0 Å². The van der Waals surface area contributed by atoms with Crippen LogP contribution in [0.15, 0.2) is 48.7 Å². The third-order valence-electron chi connectivity index (χ3n) is 3.48. The molecule has 0 aliphatic heterocycles. The van der Waals surface area contributed by atoms with Crippen LogP contribution in [0.25, 0.3) is 10.9 Å². The van der Waals surface area contributed by atoms with Crippen molar-refractivity contribution in [1.29, 1.82) is 0 Å². The Bertz CT molecular complexity index is 870. The zero-order valence-electron chi connectivity index (χ0n) is 11.7. The second-order valence-corrected chi connectivity index (χ2v) is 5.03. The molecule has 0 aliphatic rings. The fraction of sp³-hybridized carbons (Fsp3) is 0.125. The van der Waals surface area contributed by atoms with Crippen molar-refractivity contribution in [2.45, 2.75) is 12.7 Å². The summed E-state index contributed by atoms with van der Waals surface area (Å²) in [4.78, 5) is 14.8. The lowest BCUT2D eigenvalue weighted by atomic mass is 10.2. The second kappa shape index (κ2) is 5.42. The van der Waals surface area contributed by atoms with Gasteiger partial charge in [-0.2, -0.15) is 13.2 Å². The maximum absolute atomic E-state index is 12.7. The molecule has 0 amide bonds. The van der Waals surface area contributed by atoms with E-state index < -0.39 is 17.8 Å². The minimum Gasteiger partial charge on any atom is -0.477 e. The van der Waals surface area contributed by atoms with E-state index in [9.17, 15) is 23.1 Å². The normalized spacial score (nSPS) is 11.8. The first-order chi connectivity index (χ1) is 10.9. The molecule has 0 bridgehead atoms. The van der Waals surface area contributed by atoms with Gasteiger partial charge in [0.1, 0.15) is 11.4 Å². The molecule has 0 atom stereocenters. The molecule has 0 saturated carbocycles. The Morgan fingerprint density at radius 1 is 1.17 bits per heavy atom. The number of carbonyl (C=O) groups is 1. The van der Waals surface area contributed by atoms with E-state index in [0.717, 1.165) is 17.8 Å². The maximum atomic E-state index is 12.7. The van der Waals surface area contributed by atoms with Crippen LogP contribution in [0.3, 0.4) is 0 Å². The van der Waals surface area contributed by atoms with Crippen LogP contribution < -0.4 is 0 Å². The third kappa shape index (κ3) is 2.90. The molecular formula is C16H11F3N2O2. The Balaban J connectivity index is 2.15. The molecule has 0 fully saturated rings. The van der Waals surface area contributed by atoms with Gasteiger partial charge in [-0.1, -0.05) is 30.3 Å². The summed E-state index contributed by atoms with van der Waals surface area (Å²) >= 11 is 0. The average Bonchev–Trinajstić information content (AvgIpc) is 2.86. The van der Waals surface area contributed by atoms with Crippen LogP contribution in [-0.2, 0) is 12.7 Å². The van der Waals surface area contributed by atoms with E-state index in [2.05, 4.69) is 4.98 Å². The molecule has 2 aromatic heterocycles. The standard InChI is InChI=1S/C16H11F3N2O2/c17-16(18,19)14-7-11-6-12(15(22)23)21(13(11)8-20-14)9-10-4-2-1-3-5-10/h1-8H,9H2,(H,22,23). The van der Waals surface area contributed by atoms with Crippen LogP contribution in [0, 0.1) is 0 Å². The molecule has 7 heteroatoms. The van der Waals surface area contributed by atoms with E-state index in [-0.39, 0.29) is 17.6 Å². The lowest BCUT2D eigenvalue weighted by Crippen LogP contribution is -2.10. The van der Waals surface area contributed by atoms with E-state index in [0.29, 0.717) is 5.52 Å². The summed E-state index contributed by atoms with van der Waals surface area (Å²) in [6.07, 6.45) is -3.51. The molecule has 3 aromatic rings. The van der Waals surface area contributed by atoms with E-state index in [1.54, 1.807) is 0 Å². The van der Waals surface area contributed by atoms with E-state index in [4.69, 9.17) is 0 Å². The molecule has 0 unspecified atom stereocenters. The number of fused-ring (bicyclic) bond motifs is 1. The molecule has 2 heterocycles. The van der Waals surface area contributed by atoms with Gasteiger partial charge in [0.05, 0.1) is 11.7 Å². The highest BCUT2D eigenvalue weighted by molar-refractivity contribution is 5.94. The summed E-state index contributed by atoms with van der Waals surface area (Å²) in [5.74, 6) is -1.20. The van der Waals surface area contributed by atoms with Crippen LogP contribution >= 0.6 is 0 Å². The SMILES string of the molecule is O=C(O)c1cc2cc(C(F)(F)F)ncc2n1Cc1ccccc1. The first-order valence-corrected chi connectivity index (χ1v) is 6.70. The molecule has 4 nitrogen and oxygen atoms in total. The number of carboxylic acids is 1. The number of hydrogen-bond donors (Lipinski definition) is 1. The first-order valence-electron chi connectivity index (χ1n) is 6.70. The number of hydrogen-bond acceptors (Lipinski definition) is 2. The van der Waals surface area contributed by atoms with Gasteiger partial charge in [-0.3, -0.25) is 0 Å². The van der Waals surface area contributed by atoms with Crippen LogP contribution in [0.4, 0.5) is 13.2 Å². The van der Waals surface area contributed by atoms with Crippen LogP contribution in [0.5, 0.6) is 0 Å². The number of pyridine rings is 1. The highest BCUT2D eigenvalue weighted by Crippen LogP contribution is 2.30. The second-order valence-electron chi connectivity index (χ2n) is 5.03. The number of alkyl halides is 3. The lowest BCUT2D eigenvalue weighted by molar-refractivity contribution is -0.141. The van der Waals surface area contributed by atoms with E-state index in [1.165, 1.54) is 10.6 Å². The van der Waals surface area contributed by atoms with Crippen molar-refractivity contribution in [1.82, 2.24) is 9.55 Å². The van der Waals surface area contributed by atoms with Crippen molar-refractivity contribution < 1.29 is 23.1 Å². The summed E-state index contributed by atoms with van der Waals surface area (Å²) in [6.45, 7) is 0.235. The predicted octanol–water partition coefficient (Wildman–Crippen LogP) is 3.80. The minimum absolute atomic E-state index is 0.0787. The smallest absolute Gasteiger partial charge is 0.433 e. The summed E-state index contributed by atoms with van der Waals surface area (Å²) in [5, 5.41) is 9.51. The molecule has 0 saturated heterocycles. The van der Waals surface area contributed by atoms with Crippen molar-refractivity contribution in [2.24, 2.45) is 0 Å². The average molecular weight is 320 g/mol. The molecule has 0 aliphatic carbocycles. The molecule has 0 radical (unpaired) electrons. The zero-order chi connectivity index (χ0) is 16.6. The van der Waals surface area contributed by atoms with Crippen LogP contribution in [0.1, 0.15) is 21.7 Å². The summed E-state index contributed by atoms with van der Waals surface area (Å²) in [5.41, 5.74) is 0.0652. The van der Waals surface area contributed by atoms with Gasteiger partial charge in [-0.05, 0) is 17.7 Å². The maximum Gasteiger partial charge on any atom is 0.433 e. The number of benzene rings is 1. The molecule has 23 heavy (non-hydrogen) atoms. The molecule has 1 N–H and O–H groups in total. The van der Waals surface area contributed by atoms with Gasteiger partial charge in [0, 0.05) is 11.9 Å². The molecular weight excluding hydrogens is 309 g/mol. The van der Waals surface area contributed by atoms with Crippen LogP contribution in [0.2, 0.25) is 0 Å². The fourth-order valence-electron chi connectivity index (χ4n) is 2.43. The van der Waals surface area contributed by atoms with Crippen molar-refractivity contribution >= 4 is 16.9 Å². The highest BCUT2D eigenvalue weighted by atomic mass is 19.4. The summed E-state index contributed by atoms with van der Waals surface area (Å²) < 4.78 is 39.7. The number of aromatic carboxylic acids is 1. The number of aromatic nitrogens is 2. The van der Waals surface area contributed by atoms with E-state index in [1.807, 2.05) is 30.3 Å². The Morgan fingerprint density at radius 3 is 2.48 bits per heavy atom.